The summed E-state index contributed by atoms with van der Waals surface area (Å²) in [7, 11) is 1.70. The number of hydrogen-bond acceptors (Lipinski definition) is 3. The summed E-state index contributed by atoms with van der Waals surface area (Å²) in [6.45, 7) is 4.64. The molecule has 0 saturated heterocycles. The van der Waals surface area contributed by atoms with Crippen molar-refractivity contribution >= 4 is 5.97 Å². The molecule has 5 heteroatoms. The van der Waals surface area contributed by atoms with Crippen LogP contribution in [0.1, 0.15) is 30.2 Å². The van der Waals surface area contributed by atoms with Gasteiger partial charge in [0.15, 0.2) is 0 Å². The van der Waals surface area contributed by atoms with E-state index in [0.29, 0.717) is 12.6 Å². The maximum atomic E-state index is 10.7. The van der Waals surface area contributed by atoms with Crippen LogP contribution in [0.5, 0.6) is 0 Å². The molecule has 0 saturated carbocycles. The van der Waals surface area contributed by atoms with E-state index in [2.05, 4.69) is 10.3 Å². The number of carboxylic acids is 1. The Bertz CT molecular complexity index is 331. The van der Waals surface area contributed by atoms with Crippen molar-refractivity contribution in [2.45, 2.75) is 26.4 Å². The van der Waals surface area contributed by atoms with Gasteiger partial charge in [-0.3, -0.25) is 0 Å². The summed E-state index contributed by atoms with van der Waals surface area (Å²) in [4.78, 5) is 14.7. The molecule has 0 aliphatic carbocycles. The largest absolute Gasteiger partial charge is 0.477 e. The third-order valence-electron chi connectivity index (χ3n) is 1.97. The van der Waals surface area contributed by atoms with E-state index in [9.17, 15) is 4.79 Å². The number of hydrogen-bond donors (Lipinski definition) is 2. The molecule has 0 aliphatic rings. The van der Waals surface area contributed by atoms with Crippen LogP contribution in [-0.4, -0.2) is 26.7 Å². The minimum atomic E-state index is -0.948. The third kappa shape index (κ3) is 2.32. The van der Waals surface area contributed by atoms with Crippen LogP contribution in [-0.2, 0) is 13.6 Å². The molecule has 0 unspecified atom stereocenters. The van der Waals surface area contributed by atoms with Gasteiger partial charge in [-0.05, 0) is 0 Å². The maximum Gasteiger partial charge on any atom is 0.354 e. The minimum absolute atomic E-state index is 0.213. The standard InChI is InChI=1S/C9H15N3O2/c1-6(2)10-5-8-11-4-7(9(13)14)12(8)3/h4,6,10H,5H2,1-3H3,(H,13,14). The van der Waals surface area contributed by atoms with Crippen molar-refractivity contribution in [1.29, 1.82) is 0 Å². The Labute approximate surface area is 82.8 Å². The van der Waals surface area contributed by atoms with E-state index in [1.165, 1.54) is 6.20 Å². The highest BCUT2D eigenvalue weighted by molar-refractivity contribution is 5.85. The van der Waals surface area contributed by atoms with Gasteiger partial charge in [-0.25, -0.2) is 9.78 Å². The number of nitrogens with zero attached hydrogens (tertiary/aromatic N) is 2. The zero-order chi connectivity index (χ0) is 10.7. The summed E-state index contributed by atoms with van der Waals surface area (Å²) < 4.78 is 1.58. The molecule has 14 heavy (non-hydrogen) atoms. The van der Waals surface area contributed by atoms with Gasteiger partial charge in [0.2, 0.25) is 0 Å². The Hall–Kier alpha value is -1.36. The van der Waals surface area contributed by atoms with E-state index in [0.717, 1.165) is 5.82 Å². The average molecular weight is 197 g/mol. The molecular formula is C9H15N3O2. The molecule has 1 heterocycles. The SMILES string of the molecule is CC(C)NCc1ncc(C(=O)O)n1C. The van der Waals surface area contributed by atoms with Gasteiger partial charge in [0.05, 0.1) is 12.7 Å². The Morgan fingerprint density at radius 1 is 1.71 bits per heavy atom. The molecule has 0 bridgehead atoms. The molecule has 1 aromatic rings. The topological polar surface area (TPSA) is 67.2 Å². The molecule has 0 radical (unpaired) electrons. The molecule has 0 atom stereocenters. The van der Waals surface area contributed by atoms with Gasteiger partial charge in [0.25, 0.3) is 0 Å². The number of aromatic nitrogens is 2. The van der Waals surface area contributed by atoms with Crippen LogP contribution in [0.3, 0.4) is 0 Å². The molecule has 0 fully saturated rings. The lowest BCUT2D eigenvalue weighted by Crippen LogP contribution is -2.24. The summed E-state index contributed by atoms with van der Waals surface area (Å²) in [5.41, 5.74) is 0.213. The molecule has 2 N–H and O–H groups in total. The fraction of sp³-hybridized carbons (Fsp3) is 0.556. The van der Waals surface area contributed by atoms with Crippen LogP contribution < -0.4 is 5.32 Å². The summed E-state index contributed by atoms with van der Waals surface area (Å²) in [5, 5.41) is 12.0. The highest BCUT2D eigenvalue weighted by Gasteiger charge is 2.11. The summed E-state index contributed by atoms with van der Waals surface area (Å²) in [6, 6.07) is 0.361. The van der Waals surface area contributed by atoms with Gasteiger partial charge in [-0.2, -0.15) is 0 Å². The lowest BCUT2D eigenvalue weighted by Gasteiger charge is -2.07. The molecule has 1 rings (SSSR count). The third-order valence-corrected chi connectivity index (χ3v) is 1.97. The van der Waals surface area contributed by atoms with Crippen LogP contribution in [0.4, 0.5) is 0 Å². The number of carbonyl (C=O) groups is 1. The van der Waals surface area contributed by atoms with Gasteiger partial charge < -0.3 is 15.0 Å². The number of nitrogens with one attached hydrogen (secondary N) is 1. The minimum Gasteiger partial charge on any atom is -0.477 e. The molecule has 1 aromatic heterocycles. The van der Waals surface area contributed by atoms with Crippen molar-refractivity contribution in [3.63, 3.8) is 0 Å². The summed E-state index contributed by atoms with van der Waals surface area (Å²) in [5.74, 6) is -0.216. The van der Waals surface area contributed by atoms with Crippen LogP contribution >= 0.6 is 0 Å². The Morgan fingerprint density at radius 2 is 2.36 bits per heavy atom. The van der Waals surface area contributed by atoms with Gasteiger partial charge in [0.1, 0.15) is 11.5 Å². The van der Waals surface area contributed by atoms with E-state index < -0.39 is 5.97 Å². The smallest absolute Gasteiger partial charge is 0.354 e. The molecular weight excluding hydrogens is 182 g/mol. The average Bonchev–Trinajstić information content (AvgIpc) is 2.43. The van der Waals surface area contributed by atoms with E-state index in [4.69, 9.17) is 5.11 Å². The van der Waals surface area contributed by atoms with Crippen LogP contribution in [0.2, 0.25) is 0 Å². The molecule has 5 nitrogen and oxygen atoms in total. The van der Waals surface area contributed by atoms with E-state index in [1.807, 2.05) is 13.8 Å². The maximum absolute atomic E-state index is 10.7. The second-order valence-electron chi connectivity index (χ2n) is 3.46. The van der Waals surface area contributed by atoms with Gasteiger partial charge >= 0.3 is 5.97 Å². The highest BCUT2D eigenvalue weighted by Crippen LogP contribution is 2.02. The van der Waals surface area contributed by atoms with Crippen LogP contribution in [0.25, 0.3) is 0 Å². The number of imidazole rings is 1. The first-order valence-electron chi connectivity index (χ1n) is 4.49. The first-order chi connectivity index (χ1) is 6.52. The molecule has 0 amide bonds. The Balaban J connectivity index is 2.74. The molecule has 0 aromatic carbocycles. The van der Waals surface area contributed by atoms with Crippen molar-refractivity contribution in [2.24, 2.45) is 7.05 Å². The van der Waals surface area contributed by atoms with E-state index in [-0.39, 0.29) is 5.69 Å². The fourth-order valence-electron chi connectivity index (χ4n) is 1.11. The quantitative estimate of drug-likeness (QED) is 0.742. The number of carboxylic acid groups (broad SMARTS) is 1. The van der Waals surface area contributed by atoms with Crippen molar-refractivity contribution in [1.82, 2.24) is 14.9 Å². The summed E-state index contributed by atoms with van der Waals surface area (Å²) >= 11 is 0. The second kappa shape index (κ2) is 4.23. The highest BCUT2D eigenvalue weighted by atomic mass is 16.4. The lowest BCUT2D eigenvalue weighted by molar-refractivity contribution is 0.0686. The lowest BCUT2D eigenvalue weighted by atomic mass is 10.4. The fourth-order valence-corrected chi connectivity index (χ4v) is 1.11. The number of aromatic carboxylic acids is 1. The molecule has 78 valence electrons. The monoisotopic (exact) mass is 197 g/mol. The van der Waals surface area contributed by atoms with Crippen LogP contribution in [0.15, 0.2) is 6.20 Å². The van der Waals surface area contributed by atoms with Gasteiger partial charge in [-0.1, -0.05) is 13.8 Å². The Kier molecular flexibility index (Phi) is 3.24. The second-order valence-corrected chi connectivity index (χ2v) is 3.46. The van der Waals surface area contributed by atoms with Crippen molar-refractivity contribution < 1.29 is 9.90 Å². The normalized spacial score (nSPS) is 10.9. The van der Waals surface area contributed by atoms with Gasteiger partial charge in [-0.15, -0.1) is 0 Å². The molecule has 0 aliphatic heterocycles. The predicted octanol–water partition coefficient (Wildman–Crippen LogP) is 0.616. The zero-order valence-electron chi connectivity index (χ0n) is 8.61. The van der Waals surface area contributed by atoms with Crippen molar-refractivity contribution in [3.05, 3.63) is 17.7 Å². The summed E-state index contributed by atoms with van der Waals surface area (Å²) in [6.07, 6.45) is 1.37. The van der Waals surface area contributed by atoms with Gasteiger partial charge in [0, 0.05) is 13.1 Å². The predicted molar refractivity (Wildman–Crippen MR) is 52.1 cm³/mol. The van der Waals surface area contributed by atoms with E-state index >= 15 is 0 Å². The molecule has 0 spiro atoms. The van der Waals surface area contributed by atoms with E-state index in [1.54, 1.807) is 11.6 Å². The van der Waals surface area contributed by atoms with Crippen LogP contribution in [0, 0.1) is 0 Å². The van der Waals surface area contributed by atoms with Crippen molar-refractivity contribution in [3.8, 4) is 0 Å². The first-order valence-corrected chi connectivity index (χ1v) is 4.49. The Morgan fingerprint density at radius 3 is 2.79 bits per heavy atom. The van der Waals surface area contributed by atoms with Crippen molar-refractivity contribution in [2.75, 3.05) is 0 Å². The zero-order valence-corrected chi connectivity index (χ0v) is 8.61. The number of rotatable bonds is 4. The first kappa shape index (κ1) is 10.7.